The highest BCUT2D eigenvalue weighted by molar-refractivity contribution is 5.45. The van der Waals surface area contributed by atoms with E-state index in [0.717, 1.165) is 0 Å². The summed E-state index contributed by atoms with van der Waals surface area (Å²) in [5.74, 6) is 0. The van der Waals surface area contributed by atoms with E-state index in [4.69, 9.17) is 0 Å². The summed E-state index contributed by atoms with van der Waals surface area (Å²) in [5, 5.41) is 0. The number of hydrogen-bond donors (Lipinski definition) is 0. The minimum absolute atomic E-state index is 0. The summed E-state index contributed by atoms with van der Waals surface area (Å²) in [4.78, 5) is 2.10. The first-order valence-corrected chi connectivity index (χ1v) is 3.44. The molecule has 0 bridgehead atoms. The molecule has 0 aliphatic carbocycles. The predicted octanol–water partition coefficient (Wildman–Crippen LogP) is 3.97. The van der Waals surface area contributed by atoms with Gasteiger partial charge in [0.15, 0.2) is 0 Å². The van der Waals surface area contributed by atoms with Gasteiger partial charge in [0.2, 0.25) is 0 Å². The van der Waals surface area contributed by atoms with E-state index >= 15 is 0 Å². The van der Waals surface area contributed by atoms with E-state index in [1.54, 1.807) is 0 Å². The molecule has 0 fully saturated rings. The van der Waals surface area contributed by atoms with Gasteiger partial charge in [0.25, 0.3) is 0 Å². The van der Waals surface area contributed by atoms with Crippen LogP contribution in [0.3, 0.4) is 0 Å². The summed E-state index contributed by atoms with van der Waals surface area (Å²) >= 11 is 0. The lowest BCUT2D eigenvalue weighted by Crippen LogP contribution is -2.07. The molecule has 0 aliphatic heterocycles. The maximum Gasteiger partial charge on any atom is 0.0361 e. The van der Waals surface area contributed by atoms with Crippen LogP contribution >= 0.6 is 0 Å². The van der Waals surface area contributed by atoms with Crippen LogP contribution in [0.2, 0.25) is 0 Å². The fourth-order valence-corrected chi connectivity index (χ4v) is 0.843. The maximum absolute atomic E-state index is 2.12. The van der Waals surface area contributed by atoms with Crippen molar-refractivity contribution in [2.45, 2.75) is 29.2 Å². The third-order valence-electron chi connectivity index (χ3n) is 1.55. The van der Waals surface area contributed by atoms with Crippen LogP contribution in [0.5, 0.6) is 0 Å². The van der Waals surface area contributed by atoms with Crippen molar-refractivity contribution >= 4 is 5.69 Å². The van der Waals surface area contributed by atoms with Gasteiger partial charge in [-0.3, -0.25) is 0 Å². The molecule has 78 valence electrons. The quantitative estimate of drug-likeness (QED) is 0.637. The molecule has 1 nitrogen and oxygen atoms in total. The minimum Gasteiger partial charge on any atom is -0.378 e. The molecule has 0 unspecified atom stereocenters. The monoisotopic (exact) mass is 183 g/mol. The van der Waals surface area contributed by atoms with Crippen molar-refractivity contribution in [1.82, 2.24) is 0 Å². The normalized spacial score (nSPS) is 7.31. The van der Waals surface area contributed by atoms with E-state index in [1.807, 2.05) is 14.1 Å². The average Bonchev–Trinajstić information content (AvgIpc) is 1.88. The minimum atomic E-state index is 0. The Hall–Kier alpha value is -0.980. The lowest BCUT2D eigenvalue weighted by molar-refractivity contribution is 1.13. The molecule has 0 amide bonds. The van der Waals surface area contributed by atoms with E-state index in [0.29, 0.717) is 0 Å². The highest BCUT2D eigenvalue weighted by Crippen LogP contribution is 2.10. The Morgan fingerprint density at radius 2 is 1.23 bits per heavy atom. The lowest BCUT2D eigenvalue weighted by Gasteiger charge is -2.11. The number of rotatable bonds is 1. The summed E-state index contributed by atoms with van der Waals surface area (Å²) in [6, 6.07) is 8.48. The fraction of sp³-hybridized carbons (Fsp3) is 0.500. The molecule has 0 atom stereocenters. The van der Waals surface area contributed by atoms with Crippen molar-refractivity contribution < 1.29 is 0 Å². The van der Waals surface area contributed by atoms with Crippen LogP contribution in [0.4, 0.5) is 5.69 Å². The van der Waals surface area contributed by atoms with Crippen LogP contribution in [0.25, 0.3) is 0 Å². The van der Waals surface area contributed by atoms with Gasteiger partial charge in [-0.2, -0.15) is 0 Å². The molecular weight excluding hydrogens is 158 g/mol. The van der Waals surface area contributed by atoms with Crippen LogP contribution < -0.4 is 4.90 Å². The van der Waals surface area contributed by atoms with Crippen molar-refractivity contribution in [3.63, 3.8) is 0 Å². The van der Waals surface area contributed by atoms with Crippen molar-refractivity contribution in [1.29, 1.82) is 0 Å². The molecule has 1 aromatic carbocycles. The van der Waals surface area contributed by atoms with Gasteiger partial charge in [-0.05, 0) is 19.1 Å². The van der Waals surface area contributed by atoms with Gasteiger partial charge in [-0.25, -0.2) is 0 Å². The summed E-state index contributed by atoms with van der Waals surface area (Å²) in [6.45, 7) is 2.10. The summed E-state index contributed by atoms with van der Waals surface area (Å²) in [7, 11) is 4.09. The highest BCUT2D eigenvalue weighted by atomic mass is 15.1. The molecule has 1 aromatic rings. The summed E-state index contributed by atoms with van der Waals surface area (Å²) in [5.41, 5.74) is 2.57. The van der Waals surface area contributed by atoms with Gasteiger partial charge in [0, 0.05) is 19.8 Å². The number of nitrogens with zero attached hydrogens (tertiary/aromatic N) is 1. The molecule has 13 heavy (non-hydrogen) atoms. The molecule has 0 aromatic heterocycles. The molecule has 0 spiro atoms. The zero-order chi connectivity index (χ0) is 7.56. The van der Waals surface area contributed by atoms with Crippen LogP contribution in [-0.2, 0) is 0 Å². The summed E-state index contributed by atoms with van der Waals surface area (Å²) in [6.07, 6.45) is 0. The van der Waals surface area contributed by atoms with Crippen molar-refractivity contribution in [3.8, 4) is 0 Å². The van der Waals surface area contributed by atoms with Gasteiger partial charge < -0.3 is 4.90 Å². The Morgan fingerprint density at radius 3 is 1.54 bits per heavy atom. The van der Waals surface area contributed by atoms with Gasteiger partial charge >= 0.3 is 0 Å². The first-order chi connectivity index (χ1) is 4.70. The zero-order valence-electron chi connectivity index (χ0n) is 6.76. The molecule has 0 N–H and O–H groups in total. The Labute approximate surface area is 84.4 Å². The van der Waals surface area contributed by atoms with Crippen molar-refractivity contribution in [2.24, 2.45) is 0 Å². The standard InChI is InChI=1S/C9H13N.3CH4/c1-8-4-6-9(7-5-8)10(2)3;;;/h4-7H,1-3H3;3*1H4. The van der Waals surface area contributed by atoms with Crippen LogP contribution in [0.1, 0.15) is 27.8 Å². The Morgan fingerprint density at radius 1 is 0.846 bits per heavy atom. The van der Waals surface area contributed by atoms with E-state index in [1.165, 1.54) is 11.3 Å². The average molecular weight is 183 g/mol. The maximum atomic E-state index is 2.12. The van der Waals surface area contributed by atoms with Gasteiger partial charge in [0.1, 0.15) is 0 Å². The van der Waals surface area contributed by atoms with E-state index in [2.05, 4.69) is 36.1 Å². The topological polar surface area (TPSA) is 3.24 Å². The SMILES string of the molecule is C.C.C.Cc1ccc(N(C)C)cc1. The fourth-order valence-electron chi connectivity index (χ4n) is 0.843. The third-order valence-corrected chi connectivity index (χ3v) is 1.55. The molecule has 0 saturated heterocycles. The molecular formula is C12H25N. The number of anilines is 1. The first kappa shape index (κ1) is 17.9. The Bertz CT molecular complexity index is 199. The molecule has 0 radical (unpaired) electrons. The second kappa shape index (κ2) is 7.66. The number of benzene rings is 1. The van der Waals surface area contributed by atoms with Gasteiger partial charge in [-0.1, -0.05) is 40.0 Å². The Kier molecular flexibility index (Phi) is 10.6. The van der Waals surface area contributed by atoms with Crippen molar-refractivity contribution in [2.75, 3.05) is 19.0 Å². The van der Waals surface area contributed by atoms with Gasteiger partial charge in [-0.15, -0.1) is 0 Å². The smallest absolute Gasteiger partial charge is 0.0361 e. The molecule has 0 saturated carbocycles. The zero-order valence-corrected chi connectivity index (χ0v) is 6.76. The molecule has 1 rings (SSSR count). The molecule has 0 aliphatic rings. The number of hydrogen-bond acceptors (Lipinski definition) is 1. The van der Waals surface area contributed by atoms with E-state index < -0.39 is 0 Å². The summed E-state index contributed by atoms with van der Waals surface area (Å²) < 4.78 is 0. The van der Waals surface area contributed by atoms with Crippen LogP contribution in [-0.4, -0.2) is 14.1 Å². The van der Waals surface area contributed by atoms with Crippen LogP contribution in [0.15, 0.2) is 24.3 Å². The predicted molar refractivity (Wildman–Crippen MR) is 65.7 cm³/mol. The highest BCUT2D eigenvalue weighted by Gasteiger charge is 1.90. The van der Waals surface area contributed by atoms with Crippen LogP contribution in [0, 0.1) is 6.92 Å². The first-order valence-electron chi connectivity index (χ1n) is 3.44. The second-order valence-electron chi connectivity index (χ2n) is 2.73. The Balaban J connectivity index is -0.000000333. The largest absolute Gasteiger partial charge is 0.378 e. The number of aryl methyl sites for hydroxylation is 1. The van der Waals surface area contributed by atoms with Gasteiger partial charge in [0.05, 0.1) is 0 Å². The lowest BCUT2D eigenvalue weighted by atomic mass is 10.2. The van der Waals surface area contributed by atoms with E-state index in [-0.39, 0.29) is 22.3 Å². The van der Waals surface area contributed by atoms with E-state index in [9.17, 15) is 0 Å². The third kappa shape index (κ3) is 5.29. The van der Waals surface area contributed by atoms with Crippen molar-refractivity contribution in [3.05, 3.63) is 29.8 Å². The second-order valence-corrected chi connectivity index (χ2v) is 2.73. The molecule has 1 heteroatoms. The molecule has 0 heterocycles.